The van der Waals surface area contributed by atoms with E-state index in [0.717, 1.165) is 19.3 Å². The Morgan fingerprint density at radius 3 is 2.94 bits per heavy atom. The van der Waals surface area contributed by atoms with Gasteiger partial charge in [0.25, 0.3) is 10.0 Å². The van der Waals surface area contributed by atoms with Gasteiger partial charge in [-0.3, -0.25) is 0 Å². The zero-order valence-electron chi connectivity index (χ0n) is 10.8. The van der Waals surface area contributed by atoms with E-state index in [2.05, 4.69) is 21.9 Å². The van der Waals surface area contributed by atoms with Gasteiger partial charge in [0.2, 0.25) is 0 Å². The van der Waals surface area contributed by atoms with E-state index in [0.29, 0.717) is 12.6 Å². The van der Waals surface area contributed by atoms with Crippen LogP contribution in [-0.4, -0.2) is 36.6 Å². The molecule has 0 aromatic carbocycles. The van der Waals surface area contributed by atoms with Gasteiger partial charge in [-0.25, -0.2) is 18.1 Å². The summed E-state index contributed by atoms with van der Waals surface area (Å²) in [6, 6.07) is 0.676. The molecule has 6 nitrogen and oxygen atoms in total. The van der Waals surface area contributed by atoms with E-state index in [-0.39, 0.29) is 11.1 Å². The fourth-order valence-electron chi connectivity index (χ4n) is 2.21. The summed E-state index contributed by atoms with van der Waals surface area (Å²) >= 11 is 0. The van der Waals surface area contributed by atoms with Crippen molar-refractivity contribution in [1.29, 1.82) is 0 Å². The highest BCUT2D eigenvalue weighted by Crippen LogP contribution is 2.12. The number of sulfonamides is 1. The third kappa shape index (κ3) is 3.30. The van der Waals surface area contributed by atoms with Crippen LogP contribution in [0, 0.1) is 0 Å². The lowest BCUT2D eigenvalue weighted by Gasteiger charge is -2.28. The first-order chi connectivity index (χ1) is 8.47. The van der Waals surface area contributed by atoms with Gasteiger partial charge in [-0.2, -0.15) is 0 Å². The Morgan fingerprint density at radius 2 is 2.33 bits per heavy atom. The van der Waals surface area contributed by atoms with Crippen molar-refractivity contribution in [3.05, 3.63) is 12.5 Å². The van der Waals surface area contributed by atoms with Crippen molar-refractivity contribution < 1.29 is 8.42 Å². The van der Waals surface area contributed by atoms with E-state index in [4.69, 9.17) is 0 Å². The number of nitrogens with zero attached hydrogens (tertiary/aromatic N) is 2. The van der Waals surface area contributed by atoms with Crippen molar-refractivity contribution >= 4 is 10.0 Å². The lowest BCUT2D eigenvalue weighted by Crippen LogP contribution is -2.47. The third-order valence-corrected chi connectivity index (χ3v) is 4.49. The molecule has 102 valence electrons. The van der Waals surface area contributed by atoms with Gasteiger partial charge in [0.05, 0.1) is 6.33 Å². The van der Waals surface area contributed by atoms with Crippen LogP contribution in [0.5, 0.6) is 0 Å². The van der Waals surface area contributed by atoms with Gasteiger partial charge in [0.1, 0.15) is 0 Å². The number of hydrogen-bond donors (Lipinski definition) is 2. The zero-order valence-corrected chi connectivity index (χ0v) is 11.6. The Bertz CT molecular complexity index is 497. The maximum Gasteiger partial charge on any atom is 0.259 e. The van der Waals surface area contributed by atoms with E-state index in [1.54, 1.807) is 11.6 Å². The Hall–Kier alpha value is -0.920. The molecule has 1 fully saturated rings. The number of aryl methyl sites for hydroxylation is 1. The molecule has 0 saturated carbocycles. The topological polar surface area (TPSA) is 76.0 Å². The molecular formula is C11H20N4O2S. The maximum atomic E-state index is 12.0. The zero-order chi connectivity index (χ0) is 13.2. The predicted molar refractivity (Wildman–Crippen MR) is 68.6 cm³/mol. The summed E-state index contributed by atoms with van der Waals surface area (Å²) in [4.78, 5) is 3.86. The number of hydrogen-bond acceptors (Lipinski definition) is 4. The van der Waals surface area contributed by atoms with Gasteiger partial charge in [-0.15, -0.1) is 0 Å². The smallest absolute Gasteiger partial charge is 0.259 e. The van der Waals surface area contributed by atoms with Crippen LogP contribution in [0.25, 0.3) is 0 Å². The second kappa shape index (κ2) is 5.38. The van der Waals surface area contributed by atoms with Crippen LogP contribution in [0.4, 0.5) is 0 Å². The summed E-state index contributed by atoms with van der Waals surface area (Å²) in [6.07, 6.45) is 6.29. The Balaban J connectivity index is 1.93. The molecule has 0 radical (unpaired) electrons. The first-order valence-electron chi connectivity index (χ1n) is 6.21. The second-order valence-corrected chi connectivity index (χ2v) is 6.64. The highest BCUT2D eigenvalue weighted by Gasteiger charge is 2.22. The molecular weight excluding hydrogens is 252 g/mol. The van der Waals surface area contributed by atoms with Crippen LogP contribution in [0.1, 0.15) is 26.2 Å². The molecule has 2 atom stereocenters. The molecule has 7 heteroatoms. The van der Waals surface area contributed by atoms with E-state index in [9.17, 15) is 8.42 Å². The van der Waals surface area contributed by atoms with Crippen LogP contribution in [0.2, 0.25) is 0 Å². The molecule has 0 spiro atoms. The first-order valence-corrected chi connectivity index (χ1v) is 7.69. The molecule has 2 rings (SSSR count). The third-order valence-electron chi connectivity index (χ3n) is 3.19. The molecule has 0 amide bonds. The highest BCUT2D eigenvalue weighted by atomic mass is 32.2. The summed E-state index contributed by atoms with van der Waals surface area (Å²) in [6.45, 7) is 2.54. The molecule has 1 aromatic heterocycles. The van der Waals surface area contributed by atoms with Crippen LogP contribution in [0.3, 0.4) is 0 Å². The minimum atomic E-state index is -3.48. The predicted octanol–water partition coefficient (Wildman–Crippen LogP) is 0.229. The van der Waals surface area contributed by atoms with Crippen LogP contribution in [0.15, 0.2) is 17.6 Å². The molecule has 2 heterocycles. The van der Waals surface area contributed by atoms with Crippen molar-refractivity contribution in [2.75, 3.05) is 6.54 Å². The van der Waals surface area contributed by atoms with Crippen LogP contribution < -0.4 is 10.0 Å². The quantitative estimate of drug-likeness (QED) is 0.822. The van der Waals surface area contributed by atoms with Gasteiger partial charge in [-0.1, -0.05) is 6.42 Å². The molecule has 2 unspecified atom stereocenters. The fraction of sp³-hybridized carbons (Fsp3) is 0.727. The van der Waals surface area contributed by atoms with E-state index >= 15 is 0 Å². The summed E-state index contributed by atoms with van der Waals surface area (Å²) in [7, 11) is -1.73. The molecule has 1 aromatic rings. The summed E-state index contributed by atoms with van der Waals surface area (Å²) in [5.74, 6) is 0. The summed E-state index contributed by atoms with van der Waals surface area (Å²) < 4.78 is 28.1. The summed E-state index contributed by atoms with van der Waals surface area (Å²) in [5, 5.41) is 3.47. The molecule has 1 aliphatic rings. The highest BCUT2D eigenvalue weighted by molar-refractivity contribution is 7.89. The van der Waals surface area contributed by atoms with Crippen molar-refractivity contribution in [2.24, 2.45) is 7.05 Å². The minimum absolute atomic E-state index is 0.0776. The molecule has 18 heavy (non-hydrogen) atoms. The van der Waals surface area contributed by atoms with Gasteiger partial charge in [0, 0.05) is 31.9 Å². The van der Waals surface area contributed by atoms with E-state index < -0.39 is 10.0 Å². The number of rotatable bonds is 4. The van der Waals surface area contributed by atoms with Crippen LogP contribution in [-0.2, 0) is 17.1 Å². The van der Waals surface area contributed by atoms with Crippen molar-refractivity contribution in [2.45, 2.75) is 43.3 Å². The number of imidazole rings is 1. The SMILES string of the molecule is CC1CCCC(CNS(=O)(=O)c2cn(C)cn2)N1. The average Bonchev–Trinajstić information content (AvgIpc) is 2.74. The van der Waals surface area contributed by atoms with E-state index in [1.165, 1.54) is 12.5 Å². The molecule has 0 bridgehead atoms. The van der Waals surface area contributed by atoms with Gasteiger partial charge in [-0.05, 0) is 19.8 Å². The van der Waals surface area contributed by atoms with Crippen LogP contribution >= 0.6 is 0 Å². The number of aromatic nitrogens is 2. The normalized spacial score (nSPS) is 25.2. The first kappa shape index (κ1) is 13.5. The van der Waals surface area contributed by atoms with Gasteiger partial charge < -0.3 is 9.88 Å². The monoisotopic (exact) mass is 272 g/mol. The summed E-state index contributed by atoms with van der Waals surface area (Å²) in [5.41, 5.74) is 0. The average molecular weight is 272 g/mol. The minimum Gasteiger partial charge on any atom is -0.339 e. The fourth-order valence-corrected chi connectivity index (χ4v) is 3.27. The maximum absolute atomic E-state index is 12.0. The van der Waals surface area contributed by atoms with Crippen molar-refractivity contribution in [3.63, 3.8) is 0 Å². The Labute approximate surface area is 108 Å². The standard InChI is InChI=1S/C11H20N4O2S/c1-9-4-3-5-10(14-9)6-13-18(16,17)11-7-15(2)8-12-11/h7-10,13-14H,3-6H2,1-2H3. The second-order valence-electron chi connectivity index (χ2n) is 4.92. The van der Waals surface area contributed by atoms with Crippen molar-refractivity contribution in [3.8, 4) is 0 Å². The number of nitrogens with one attached hydrogen (secondary N) is 2. The molecule has 1 saturated heterocycles. The molecule has 2 N–H and O–H groups in total. The Kier molecular flexibility index (Phi) is 4.04. The lowest BCUT2D eigenvalue weighted by atomic mass is 10.00. The van der Waals surface area contributed by atoms with Gasteiger partial charge >= 0.3 is 0 Å². The van der Waals surface area contributed by atoms with E-state index in [1.807, 2.05) is 0 Å². The Morgan fingerprint density at radius 1 is 1.56 bits per heavy atom. The molecule has 1 aliphatic heterocycles. The largest absolute Gasteiger partial charge is 0.339 e. The lowest BCUT2D eigenvalue weighted by molar-refractivity contribution is 0.334. The molecule has 0 aliphatic carbocycles. The van der Waals surface area contributed by atoms with Gasteiger partial charge in [0.15, 0.2) is 5.03 Å². The number of piperidine rings is 1. The van der Waals surface area contributed by atoms with Crippen molar-refractivity contribution in [1.82, 2.24) is 19.6 Å².